The lowest BCUT2D eigenvalue weighted by molar-refractivity contribution is -0.274. The van der Waals surface area contributed by atoms with E-state index < -0.39 is 23.8 Å². The molecular weight excluding hydrogens is 495 g/mol. The number of carbonyl (C=O) groups excluding carboxylic acids is 1. The van der Waals surface area contributed by atoms with Gasteiger partial charge in [-0.25, -0.2) is 4.39 Å². The van der Waals surface area contributed by atoms with Crippen LogP contribution in [0.4, 0.5) is 23.2 Å². The van der Waals surface area contributed by atoms with E-state index in [4.69, 9.17) is 5.73 Å². The van der Waals surface area contributed by atoms with Crippen LogP contribution < -0.4 is 21.1 Å². The van der Waals surface area contributed by atoms with Gasteiger partial charge in [0.1, 0.15) is 5.82 Å². The van der Waals surface area contributed by atoms with Crippen molar-refractivity contribution in [2.24, 2.45) is 10.7 Å². The lowest BCUT2D eigenvalue weighted by Crippen LogP contribution is -2.29. The Bertz CT molecular complexity index is 831. The van der Waals surface area contributed by atoms with E-state index in [0.29, 0.717) is 0 Å². The largest absolute Gasteiger partial charge is 0.573 e. The Hall–Kier alpha value is -2.57. The van der Waals surface area contributed by atoms with E-state index in [2.05, 4.69) is 20.4 Å². The molecule has 11 heteroatoms. The van der Waals surface area contributed by atoms with Crippen LogP contribution in [0.1, 0.15) is 10.4 Å². The SMILES string of the molecule is I.NC(=NCCNC(=O)c1ccccc1F)Nc1ccccc1OC(F)(F)F. The second kappa shape index (κ2) is 10.7. The number of guanidine groups is 1. The Morgan fingerprint density at radius 1 is 1.11 bits per heavy atom. The maximum atomic E-state index is 13.5. The van der Waals surface area contributed by atoms with Crippen molar-refractivity contribution in [3.8, 4) is 5.75 Å². The van der Waals surface area contributed by atoms with E-state index >= 15 is 0 Å². The fourth-order valence-corrected chi connectivity index (χ4v) is 2.05. The topological polar surface area (TPSA) is 88.7 Å². The normalized spacial score (nSPS) is 11.4. The first kappa shape index (κ1) is 23.5. The summed E-state index contributed by atoms with van der Waals surface area (Å²) >= 11 is 0. The van der Waals surface area contributed by atoms with Gasteiger partial charge in [-0.2, -0.15) is 0 Å². The van der Waals surface area contributed by atoms with Crippen LogP contribution in [0.3, 0.4) is 0 Å². The molecule has 0 bridgehead atoms. The van der Waals surface area contributed by atoms with Gasteiger partial charge in [-0.05, 0) is 24.3 Å². The first-order chi connectivity index (χ1) is 12.8. The van der Waals surface area contributed by atoms with Crippen LogP contribution in [0.25, 0.3) is 0 Å². The van der Waals surface area contributed by atoms with Crippen molar-refractivity contribution in [2.45, 2.75) is 6.36 Å². The Kier molecular flexibility index (Phi) is 8.96. The van der Waals surface area contributed by atoms with E-state index in [0.717, 1.165) is 12.1 Å². The number of nitrogens with two attached hydrogens (primary N) is 1. The predicted octanol–water partition coefficient (Wildman–Crippen LogP) is 3.50. The quantitative estimate of drug-likeness (QED) is 0.182. The molecular formula is C17H17F4IN4O2. The average molecular weight is 512 g/mol. The number of aliphatic imine (C=N–C) groups is 1. The molecule has 28 heavy (non-hydrogen) atoms. The van der Waals surface area contributed by atoms with Gasteiger partial charge in [-0.15, -0.1) is 37.1 Å². The number of benzene rings is 2. The third-order valence-corrected chi connectivity index (χ3v) is 3.17. The Balaban J connectivity index is 0.00000392. The molecule has 0 aliphatic carbocycles. The summed E-state index contributed by atoms with van der Waals surface area (Å²) in [5, 5.41) is 4.95. The van der Waals surface area contributed by atoms with Crippen LogP contribution in [0.15, 0.2) is 53.5 Å². The summed E-state index contributed by atoms with van der Waals surface area (Å²) in [7, 11) is 0. The van der Waals surface area contributed by atoms with Crippen molar-refractivity contribution in [3.05, 3.63) is 59.9 Å². The van der Waals surface area contributed by atoms with E-state index in [1.165, 1.54) is 36.4 Å². The van der Waals surface area contributed by atoms with Crippen molar-refractivity contribution >= 4 is 41.5 Å². The molecule has 0 unspecified atom stereocenters. The monoisotopic (exact) mass is 512 g/mol. The van der Waals surface area contributed by atoms with Crippen molar-refractivity contribution in [3.63, 3.8) is 0 Å². The second-order valence-electron chi connectivity index (χ2n) is 5.17. The van der Waals surface area contributed by atoms with Crippen molar-refractivity contribution < 1.29 is 27.1 Å². The maximum Gasteiger partial charge on any atom is 0.573 e. The number of nitrogens with zero attached hydrogens (tertiary/aromatic N) is 1. The smallest absolute Gasteiger partial charge is 0.404 e. The molecule has 0 radical (unpaired) electrons. The molecule has 2 aromatic carbocycles. The Labute approximate surface area is 175 Å². The van der Waals surface area contributed by atoms with Crippen LogP contribution in [-0.2, 0) is 0 Å². The van der Waals surface area contributed by atoms with Crippen LogP contribution >= 0.6 is 24.0 Å². The highest BCUT2D eigenvalue weighted by molar-refractivity contribution is 14.0. The summed E-state index contributed by atoms with van der Waals surface area (Å²) in [6, 6.07) is 10.8. The molecule has 4 N–H and O–H groups in total. The number of carbonyl (C=O) groups is 1. The fourth-order valence-electron chi connectivity index (χ4n) is 2.05. The first-order valence-corrected chi connectivity index (χ1v) is 7.71. The summed E-state index contributed by atoms with van der Waals surface area (Å²) in [6.07, 6.45) is -4.85. The molecule has 0 atom stereocenters. The van der Waals surface area contributed by atoms with E-state index in [-0.39, 0.29) is 54.3 Å². The van der Waals surface area contributed by atoms with Crippen LogP contribution in [0.5, 0.6) is 5.75 Å². The van der Waals surface area contributed by atoms with E-state index in [9.17, 15) is 22.4 Å². The molecule has 1 amide bonds. The third-order valence-electron chi connectivity index (χ3n) is 3.17. The molecule has 2 rings (SSSR count). The van der Waals surface area contributed by atoms with Gasteiger partial charge in [-0.3, -0.25) is 9.79 Å². The van der Waals surface area contributed by atoms with E-state index in [1.54, 1.807) is 0 Å². The van der Waals surface area contributed by atoms with Gasteiger partial charge in [0.2, 0.25) is 0 Å². The van der Waals surface area contributed by atoms with E-state index in [1.807, 2.05) is 0 Å². The minimum absolute atomic E-state index is 0. The molecule has 0 saturated carbocycles. The minimum Gasteiger partial charge on any atom is -0.404 e. The number of rotatable bonds is 6. The number of anilines is 1. The lowest BCUT2D eigenvalue weighted by atomic mass is 10.2. The second-order valence-corrected chi connectivity index (χ2v) is 5.17. The zero-order valence-electron chi connectivity index (χ0n) is 14.3. The number of hydrogen-bond acceptors (Lipinski definition) is 3. The summed E-state index contributed by atoms with van der Waals surface area (Å²) < 4.78 is 54.5. The summed E-state index contributed by atoms with van der Waals surface area (Å²) in [6.45, 7) is 0.0809. The molecule has 0 aliphatic heterocycles. The van der Waals surface area contributed by atoms with Gasteiger partial charge < -0.3 is 21.1 Å². The van der Waals surface area contributed by atoms with Crippen LogP contribution in [-0.4, -0.2) is 31.3 Å². The predicted molar refractivity (Wildman–Crippen MR) is 107 cm³/mol. The number of alkyl halides is 3. The molecule has 6 nitrogen and oxygen atoms in total. The molecule has 0 aliphatic rings. The summed E-state index contributed by atoms with van der Waals surface area (Å²) in [5.41, 5.74) is 5.49. The Morgan fingerprint density at radius 2 is 1.75 bits per heavy atom. The third kappa shape index (κ3) is 7.58. The highest BCUT2D eigenvalue weighted by Gasteiger charge is 2.32. The van der Waals surface area contributed by atoms with Crippen LogP contribution in [0.2, 0.25) is 0 Å². The van der Waals surface area contributed by atoms with Crippen molar-refractivity contribution in [1.82, 2.24) is 5.32 Å². The van der Waals surface area contributed by atoms with Gasteiger partial charge in [0.05, 0.1) is 17.8 Å². The highest BCUT2D eigenvalue weighted by atomic mass is 127. The van der Waals surface area contributed by atoms with Crippen molar-refractivity contribution in [1.29, 1.82) is 0 Å². The lowest BCUT2D eigenvalue weighted by Gasteiger charge is -2.14. The highest BCUT2D eigenvalue weighted by Crippen LogP contribution is 2.29. The minimum atomic E-state index is -4.85. The number of halogens is 5. The first-order valence-electron chi connectivity index (χ1n) is 7.71. The maximum absolute atomic E-state index is 13.5. The van der Waals surface area contributed by atoms with Gasteiger partial charge >= 0.3 is 6.36 Å². The van der Waals surface area contributed by atoms with Crippen LogP contribution in [0, 0.1) is 5.82 Å². The zero-order chi connectivity index (χ0) is 19.9. The number of para-hydroxylation sites is 2. The fraction of sp³-hybridized carbons (Fsp3) is 0.176. The van der Waals surface area contributed by atoms with Gasteiger partial charge in [-0.1, -0.05) is 24.3 Å². The summed E-state index contributed by atoms with van der Waals surface area (Å²) in [5.74, 6) is -1.90. The molecule has 0 saturated heterocycles. The number of amides is 1. The molecule has 0 aromatic heterocycles. The molecule has 0 heterocycles. The molecule has 2 aromatic rings. The summed E-state index contributed by atoms with van der Waals surface area (Å²) in [4.78, 5) is 15.7. The molecule has 0 spiro atoms. The number of hydrogen-bond donors (Lipinski definition) is 3. The molecule has 0 fully saturated rings. The van der Waals surface area contributed by atoms with Crippen molar-refractivity contribution in [2.75, 3.05) is 18.4 Å². The Morgan fingerprint density at radius 3 is 2.43 bits per heavy atom. The number of ether oxygens (including phenoxy) is 1. The van der Waals surface area contributed by atoms with Gasteiger partial charge in [0.25, 0.3) is 5.91 Å². The zero-order valence-corrected chi connectivity index (χ0v) is 16.6. The number of nitrogens with one attached hydrogen (secondary N) is 2. The van der Waals surface area contributed by atoms with Gasteiger partial charge in [0, 0.05) is 6.54 Å². The average Bonchev–Trinajstić information content (AvgIpc) is 2.59. The van der Waals surface area contributed by atoms with Gasteiger partial charge in [0.15, 0.2) is 11.7 Å². The standard InChI is InChI=1S/C17H16F4N4O2.HI/c18-12-6-2-1-5-11(12)15(26)23-9-10-24-16(22)25-13-7-3-4-8-14(13)27-17(19,20)21;/h1-8H,9-10H2,(H,23,26)(H3,22,24,25);1H. The molecule has 152 valence electrons.